The number of hydrogen-bond donors (Lipinski definition) is 0. The van der Waals surface area contributed by atoms with Crippen molar-refractivity contribution in [3.8, 4) is 0 Å². The minimum Gasteiger partial charge on any atom is -0.147 e. The normalized spacial score (nSPS) is 26.0. The van der Waals surface area contributed by atoms with E-state index in [0.717, 1.165) is 10.5 Å². The number of thioether (sulfide) groups is 2. The van der Waals surface area contributed by atoms with E-state index in [9.17, 15) is 0 Å². The van der Waals surface area contributed by atoms with E-state index in [-0.39, 0.29) is 0 Å². The topological polar surface area (TPSA) is 0 Å². The largest absolute Gasteiger partial charge is 0.147 e. The van der Waals surface area contributed by atoms with Gasteiger partial charge in [0.2, 0.25) is 0 Å². The summed E-state index contributed by atoms with van der Waals surface area (Å²) in [5.41, 5.74) is 4.78. The first-order chi connectivity index (χ1) is 9.62. The van der Waals surface area contributed by atoms with Gasteiger partial charge in [0.1, 0.15) is 0 Å². The molecule has 0 bridgehead atoms. The van der Waals surface area contributed by atoms with Gasteiger partial charge in [0.05, 0.1) is 4.58 Å². The van der Waals surface area contributed by atoms with Crippen LogP contribution in [0.3, 0.4) is 0 Å². The van der Waals surface area contributed by atoms with Crippen LogP contribution in [0.1, 0.15) is 55.7 Å². The second kappa shape index (κ2) is 5.81. The van der Waals surface area contributed by atoms with Crippen molar-refractivity contribution < 1.29 is 0 Å². The monoisotopic (exact) mass is 304 g/mol. The van der Waals surface area contributed by atoms with E-state index >= 15 is 0 Å². The molecular weight excluding hydrogens is 280 g/mol. The van der Waals surface area contributed by atoms with Gasteiger partial charge in [0.25, 0.3) is 0 Å². The molecule has 0 spiro atoms. The Balaban J connectivity index is 2.00. The Morgan fingerprint density at radius 3 is 2.70 bits per heavy atom. The highest BCUT2D eigenvalue weighted by atomic mass is 32.2. The molecule has 108 valence electrons. The smallest absolute Gasteiger partial charge is 0.0571 e. The molecule has 0 N–H and O–H groups in total. The van der Waals surface area contributed by atoms with Crippen molar-refractivity contribution in [3.63, 3.8) is 0 Å². The first-order valence-electron chi connectivity index (χ1n) is 7.62. The second-order valence-electron chi connectivity index (χ2n) is 6.54. The summed E-state index contributed by atoms with van der Waals surface area (Å²) in [7, 11) is 0. The summed E-state index contributed by atoms with van der Waals surface area (Å²) in [4.78, 5) is 0. The molecule has 2 heteroatoms. The molecule has 1 aliphatic heterocycles. The lowest BCUT2D eigenvalue weighted by atomic mass is 9.69. The summed E-state index contributed by atoms with van der Waals surface area (Å²) in [6.45, 7) is 8.74. The number of fused-ring (bicyclic) bond motifs is 1. The summed E-state index contributed by atoms with van der Waals surface area (Å²) >= 11 is 4.37. The van der Waals surface area contributed by atoms with Crippen LogP contribution in [0.25, 0.3) is 6.08 Å². The zero-order chi connectivity index (χ0) is 14.2. The summed E-state index contributed by atoms with van der Waals surface area (Å²) in [6, 6.07) is 7.00. The van der Waals surface area contributed by atoms with E-state index in [2.05, 4.69) is 62.1 Å². The Bertz CT molecular complexity index is 498. The van der Waals surface area contributed by atoms with Crippen molar-refractivity contribution in [2.45, 2.75) is 49.0 Å². The van der Waals surface area contributed by atoms with E-state index in [4.69, 9.17) is 0 Å². The quantitative estimate of drug-likeness (QED) is 0.689. The Labute approximate surface area is 131 Å². The van der Waals surface area contributed by atoms with E-state index in [0.29, 0.717) is 5.41 Å². The first kappa shape index (κ1) is 14.6. The molecule has 2 aliphatic rings. The van der Waals surface area contributed by atoms with Crippen molar-refractivity contribution in [2.24, 2.45) is 0 Å². The van der Waals surface area contributed by atoms with Crippen LogP contribution in [-0.4, -0.2) is 16.1 Å². The Hall–Kier alpha value is -0.340. The van der Waals surface area contributed by atoms with Crippen molar-refractivity contribution in [1.29, 1.82) is 0 Å². The molecule has 1 aromatic carbocycles. The van der Waals surface area contributed by atoms with E-state index in [1.165, 1.54) is 36.3 Å². The molecule has 1 aromatic rings. The Morgan fingerprint density at radius 1 is 1.25 bits per heavy atom. The standard InChI is InChI=1S/C18H24S2/c1-4-13-6-7-16-15(12-13)14(8-9-18(16,2)3)17-19-10-5-11-20-17/h4,6-7,12,14,17H,1,5,8-11H2,2-3H3. The highest BCUT2D eigenvalue weighted by molar-refractivity contribution is 8.17. The van der Waals surface area contributed by atoms with Crippen LogP contribution in [0.4, 0.5) is 0 Å². The van der Waals surface area contributed by atoms with Crippen LogP contribution < -0.4 is 0 Å². The van der Waals surface area contributed by atoms with Crippen molar-refractivity contribution in [1.82, 2.24) is 0 Å². The maximum atomic E-state index is 3.94. The Kier molecular flexibility index (Phi) is 4.24. The summed E-state index contributed by atoms with van der Waals surface area (Å²) < 4.78 is 0.763. The number of benzene rings is 1. The molecule has 0 amide bonds. The molecular formula is C18H24S2. The molecule has 1 atom stereocenters. The fraction of sp³-hybridized carbons (Fsp3) is 0.556. The molecule has 0 radical (unpaired) electrons. The van der Waals surface area contributed by atoms with Crippen LogP contribution in [0, 0.1) is 0 Å². The SMILES string of the molecule is C=Cc1ccc2c(c1)C(C1SCCCS1)CCC2(C)C. The lowest BCUT2D eigenvalue weighted by Crippen LogP contribution is -2.30. The van der Waals surface area contributed by atoms with Crippen LogP contribution in [0.2, 0.25) is 0 Å². The van der Waals surface area contributed by atoms with Gasteiger partial charge in [0, 0.05) is 5.92 Å². The summed E-state index contributed by atoms with van der Waals surface area (Å²) in [5, 5.41) is 0. The lowest BCUT2D eigenvalue weighted by molar-refractivity contribution is 0.400. The van der Waals surface area contributed by atoms with Gasteiger partial charge in [-0.25, -0.2) is 0 Å². The number of rotatable bonds is 2. The minimum atomic E-state index is 0.329. The predicted molar refractivity (Wildman–Crippen MR) is 94.9 cm³/mol. The van der Waals surface area contributed by atoms with Crippen molar-refractivity contribution >= 4 is 29.6 Å². The molecule has 1 aliphatic carbocycles. The van der Waals surface area contributed by atoms with E-state index in [1.54, 1.807) is 11.1 Å². The lowest BCUT2D eigenvalue weighted by Gasteiger charge is -2.41. The fourth-order valence-corrected chi connectivity index (χ4v) is 6.72. The zero-order valence-electron chi connectivity index (χ0n) is 12.5. The van der Waals surface area contributed by atoms with Gasteiger partial charge in [0.15, 0.2) is 0 Å². The molecule has 20 heavy (non-hydrogen) atoms. The minimum absolute atomic E-state index is 0.329. The highest BCUT2D eigenvalue weighted by Crippen LogP contribution is 2.50. The molecule has 1 heterocycles. The van der Waals surface area contributed by atoms with Gasteiger partial charge in [-0.2, -0.15) is 0 Å². The average Bonchev–Trinajstić information content (AvgIpc) is 2.47. The van der Waals surface area contributed by atoms with Gasteiger partial charge < -0.3 is 0 Å². The molecule has 1 saturated heterocycles. The fourth-order valence-electron chi connectivity index (χ4n) is 3.46. The molecule has 0 nitrogen and oxygen atoms in total. The maximum absolute atomic E-state index is 3.94. The van der Waals surface area contributed by atoms with Crippen LogP contribution in [-0.2, 0) is 5.41 Å². The summed E-state index contributed by atoms with van der Waals surface area (Å²) in [6.07, 6.45) is 6.02. The van der Waals surface area contributed by atoms with Gasteiger partial charge >= 0.3 is 0 Å². The second-order valence-corrected chi connectivity index (χ2v) is 9.34. The third-order valence-corrected chi connectivity index (χ3v) is 7.88. The summed E-state index contributed by atoms with van der Waals surface area (Å²) in [5.74, 6) is 3.41. The van der Waals surface area contributed by atoms with E-state index in [1.807, 2.05) is 6.08 Å². The Morgan fingerprint density at radius 2 is 2.00 bits per heavy atom. The van der Waals surface area contributed by atoms with Crippen LogP contribution >= 0.6 is 23.5 Å². The van der Waals surface area contributed by atoms with Gasteiger partial charge in [-0.15, -0.1) is 23.5 Å². The average molecular weight is 305 g/mol. The molecule has 0 aromatic heterocycles. The third-order valence-electron chi connectivity index (χ3n) is 4.70. The van der Waals surface area contributed by atoms with Gasteiger partial charge in [-0.3, -0.25) is 0 Å². The zero-order valence-corrected chi connectivity index (χ0v) is 14.2. The van der Waals surface area contributed by atoms with Gasteiger partial charge in [-0.1, -0.05) is 44.7 Å². The van der Waals surface area contributed by atoms with Crippen LogP contribution in [0.15, 0.2) is 24.8 Å². The van der Waals surface area contributed by atoms with Crippen LogP contribution in [0.5, 0.6) is 0 Å². The highest BCUT2D eigenvalue weighted by Gasteiger charge is 2.37. The maximum Gasteiger partial charge on any atom is 0.0571 e. The molecule has 3 rings (SSSR count). The molecule has 0 saturated carbocycles. The molecule has 1 fully saturated rings. The van der Waals surface area contributed by atoms with E-state index < -0.39 is 0 Å². The van der Waals surface area contributed by atoms with Crippen molar-refractivity contribution in [2.75, 3.05) is 11.5 Å². The first-order valence-corrected chi connectivity index (χ1v) is 9.72. The third kappa shape index (κ3) is 2.69. The van der Waals surface area contributed by atoms with Crippen molar-refractivity contribution in [3.05, 3.63) is 41.5 Å². The van der Waals surface area contributed by atoms with Gasteiger partial charge in [-0.05, 0) is 52.9 Å². The molecule has 1 unspecified atom stereocenters. The predicted octanol–water partition coefficient (Wildman–Crippen LogP) is 5.68. The number of hydrogen-bond acceptors (Lipinski definition) is 2.